The molecule has 0 rings (SSSR count). The Bertz CT molecular complexity index is 359. The molecule has 5 nitrogen and oxygen atoms in total. The summed E-state index contributed by atoms with van der Waals surface area (Å²) in [6.07, 6.45) is 13.5. The maximum Gasteiger partial charge on any atom is 0.508 e. The molecule has 2 unspecified atom stereocenters. The molecule has 30 heavy (non-hydrogen) atoms. The first-order chi connectivity index (χ1) is 14.4. The van der Waals surface area contributed by atoms with E-state index < -0.39 is 6.16 Å². The number of hydrogen-bond donors (Lipinski definition) is 0. The average molecular weight is 429 g/mol. The molecule has 0 aromatic heterocycles. The number of nitrogens with zero attached hydrogens (tertiary/aromatic N) is 2. The second kappa shape index (κ2) is 20.1. The van der Waals surface area contributed by atoms with E-state index in [2.05, 4.69) is 37.7 Å². The van der Waals surface area contributed by atoms with E-state index >= 15 is 0 Å². The number of rotatable bonds is 20. The summed E-state index contributed by atoms with van der Waals surface area (Å²) in [5, 5.41) is 0. The molecule has 0 saturated heterocycles. The third-order valence-corrected chi connectivity index (χ3v) is 5.68. The Labute approximate surface area is 187 Å². The molecule has 0 amide bonds. The largest absolute Gasteiger partial charge is 0.508 e. The molecular formula is C25H52N2O3. The predicted molar refractivity (Wildman–Crippen MR) is 128 cm³/mol. The lowest BCUT2D eigenvalue weighted by atomic mass is 10.2. The fourth-order valence-electron chi connectivity index (χ4n) is 3.61. The average Bonchev–Trinajstić information content (AvgIpc) is 2.68. The van der Waals surface area contributed by atoms with Crippen molar-refractivity contribution in [1.29, 1.82) is 0 Å². The van der Waals surface area contributed by atoms with E-state index in [1.165, 1.54) is 51.4 Å². The molecule has 0 aliphatic carbocycles. The van der Waals surface area contributed by atoms with Gasteiger partial charge >= 0.3 is 6.16 Å². The van der Waals surface area contributed by atoms with Crippen LogP contribution < -0.4 is 0 Å². The molecule has 0 aliphatic heterocycles. The molecule has 0 radical (unpaired) electrons. The topological polar surface area (TPSA) is 42.0 Å². The van der Waals surface area contributed by atoms with Crippen LogP contribution in [-0.2, 0) is 9.47 Å². The van der Waals surface area contributed by atoms with Gasteiger partial charge < -0.3 is 19.3 Å². The molecule has 2 atom stereocenters. The minimum Gasteiger partial charge on any atom is -0.431 e. The van der Waals surface area contributed by atoms with E-state index in [9.17, 15) is 4.79 Å². The second-order valence-corrected chi connectivity index (χ2v) is 9.12. The summed E-state index contributed by atoms with van der Waals surface area (Å²) >= 11 is 0. The van der Waals surface area contributed by atoms with Gasteiger partial charge in [0, 0.05) is 0 Å². The van der Waals surface area contributed by atoms with Crippen LogP contribution >= 0.6 is 0 Å². The van der Waals surface area contributed by atoms with Gasteiger partial charge in [-0.2, -0.15) is 0 Å². The molecular weight excluding hydrogens is 376 g/mol. The number of carbonyl (C=O) groups excluding carboxylic acids is 1. The molecule has 0 aliphatic rings. The monoisotopic (exact) mass is 428 g/mol. The van der Waals surface area contributed by atoms with Crippen LogP contribution in [-0.4, -0.2) is 68.4 Å². The highest BCUT2D eigenvalue weighted by Crippen LogP contribution is 2.09. The Morgan fingerprint density at radius 2 is 1.00 bits per heavy atom. The Morgan fingerprint density at radius 3 is 1.37 bits per heavy atom. The van der Waals surface area contributed by atoms with Crippen LogP contribution in [0.15, 0.2) is 0 Å². The summed E-state index contributed by atoms with van der Waals surface area (Å²) in [7, 11) is 4.35. The number of unbranched alkanes of at least 4 members (excludes halogenated alkanes) is 6. The maximum absolute atomic E-state index is 12.0. The SMILES string of the molecule is CCCCCCN(C)CCCC(C)OC(=O)OC(C)CCCN(C)CCCCCC. The third kappa shape index (κ3) is 19.2. The van der Waals surface area contributed by atoms with E-state index in [1.54, 1.807) is 0 Å². The zero-order valence-corrected chi connectivity index (χ0v) is 21.1. The van der Waals surface area contributed by atoms with Gasteiger partial charge in [0.1, 0.15) is 12.2 Å². The zero-order chi connectivity index (χ0) is 22.6. The standard InChI is InChI=1S/C25H52N2O3/c1-7-9-11-13-19-26(5)21-15-17-23(3)29-25(28)30-24(4)18-16-22-27(6)20-14-12-10-8-2/h23-24H,7-22H2,1-6H3. The summed E-state index contributed by atoms with van der Waals surface area (Å²) in [5.74, 6) is 0. The van der Waals surface area contributed by atoms with Crippen LogP contribution in [0.2, 0.25) is 0 Å². The quantitative estimate of drug-likeness (QED) is 0.163. The van der Waals surface area contributed by atoms with Crippen molar-refractivity contribution < 1.29 is 14.3 Å². The summed E-state index contributed by atoms with van der Waals surface area (Å²) in [6.45, 7) is 12.8. The lowest BCUT2D eigenvalue weighted by molar-refractivity contribution is 0.00207. The van der Waals surface area contributed by atoms with Crippen molar-refractivity contribution in [2.45, 2.75) is 117 Å². The zero-order valence-electron chi connectivity index (χ0n) is 21.1. The summed E-state index contributed by atoms with van der Waals surface area (Å²) in [6, 6.07) is 0. The van der Waals surface area contributed by atoms with E-state index in [1.807, 2.05) is 13.8 Å². The van der Waals surface area contributed by atoms with Crippen LogP contribution in [0.1, 0.15) is 105 Å². The van der Waals surface area contributed by atoms with Gasteiger partial charge in [-0.1, -0.05) is 52.4 Å². The fourth-order valence-corrected chi connectivity index (χ4v) is 3.61. The molecule has 0 aromatic rings. The summed E-state index contributed by atoms with van der Waals surface area (Å²) in [5.41, 5.74) is 0. The van der Waals surface area contributed by atoms with Crippen LogP contribution in [0.5, 0.6) is 0 Å². The first kappa shape index (κ1) is 29.2. The van der Waals surface area contributed by atoms with E-state index in [0.29, 0.717) is 0 Å². The Morgan fingerprint density at radius 1 is 0.633 bits per heavy atom. The van der Waals surface area contributed by atoms with E-state index in [4.69, 9.17) is 9.47 Å². The van der Waals surface area contributed by atoms with Crippen molar-refractivity contribution in [2.24, 2.45) is 0 Å². The van der Waals surface area contributed by atoms with Crippen molar-refractivity contribution in [3.8, 4) is 0 Å². The van der Waals surface area contributed by atoms with Gasteiger partial charge in [-0.3, -0.25) is 0 Å². The maximum atomic E-state index is 12.0. The first-order valence-electron chi connectivity index (χ1n) is 12.6. The summed E-state index contributed by atoms with van der Waals surface area (Å²) in [4.78, 5) is 16.8. The number of ether oxygens (including phenoxy) is 2. The Balaban J connectivity index is 3.72. The molecule has 0 spiro atoms. The Kier molecular flexibility index (Phi) is 19.6. The minimum atomic E-state index is -0.518. The van der Waals surface area contributed by atoms with Crippen LogP contribution in [0.3, 0.4) is 0 Å². The number of hydrogen-bond acceptors (Lipinski definition) is 5. The molecule has 0 aromatic carbocycles. The smallest absolute Gasteiger partial charge is 0.431 e. The summed E-state index contributed by atoms with van der Waals surface area (Å²) < 4.78 is 10.9. The highest BCUT2D eigenvalue weighted by Gasteiger charge is 2.15. The van der Waals surface area contributed by atoms with Gasteiger partial charge in [-0.05, 0) is 92.6 Å². The molecule has 5 heteroatoms. The van der Waals surface area contributed by atoms with Gasteiger partial charge in [0.15, 0.2) is 0 Å². The highest BCUT2D eigenvalue weighted by molar-refractivity contribution is 5.60. The molecule has 0 heterocycles. The lowest BCUT2D eigenvalue weighted by Crippen LogP contribution is -2.25. The van der Waals surface area contributed by atoms with Crippen molar-refractivity contribution in [3.05, 3.63) is 0 Å². The van der Waals surface area contributed by atoms with Gasteiger partial charge in [0.05, 0.1) is 0 Å². The van der Waals surface area contributed by atoms with Crippen molar-refractivity contribution in [2.75, 3.05) is 40.3 Å². The normalized spacial score (nSPS) is 13.6. The highest BCUT2D eigenvalue weighted by atomic mass is 16.7. The molecule has 0 saturated carbocycles. The lowest BCUT2D eigenvalue weighted by Gasteiger charge is -2.20. The second-order valence-electron chi connectivity index (χ2n) is 9.12. The third-order valence-electron chi connectivity index (χ3n) is 5.68. The van der Waals surface area contributed by atoms with E-state index in [-0.39, 0.29) is 12.2 Å². The number of carbonyl (C=O) groups is 1. The fraction of sp³-hybridized carbons (Fsp3) is 0.960. The first-order valence-corrected chi connectivity index (χ1v) is 12.6. The van der Waals surface area contributed by atoms with Crippen molar-refractivity contribution in [1.82, 2.24) is 9.80 Å². The van der Waals surface area contributed by atoms with Crippen LogP contribution in [0, 0.1) is 0 Å². The molecule has 0 N–H and O–H groups in total. The molecule has 0 fully saturated rings. The van der Waals surface area contributed by atoms with Crippen LogP contribution in [0.25, 0.3) is 0 Å². The van der Waals surface area contributed by atoms with Gasteiger partial charge in [0.25, 0.3) is 0 Å². The van der Waals surface area contributed by atoms with Gasteiger partial charge in [-0.15, -0.1) is 0 Å². The predicted octanol–water partition coefficient (Wildman–Crippen LogP) is 6.50. The van der Waals surface area contributed by atoms with Crippen molar-refractivity contribution >= 4 is 6.16 Å². The van der Waals surface area contributed by atoms with Crippen LogP contribution in [0.4, 0.5) is 4.79 Å². The van der Waals surface area contributed by atoms with Crippen molar-refractivity contribution in [3.63, 3.8) is 0 Å². The van der Waals surface area contributed by atoms with Gasteiger partial charge in [-0.25, -0.2) is 4.79 Å². The Hall–Kier alpha value is -0.810. The van der Waals surface area contributed by atoms with Gasteiger partial charge in [0.2, 0.25) is 0 Å². The minimum absolute atomic E-state index is 0.0903. The van der Waals surface area contributed by atoms with E-state index in [0.717, 1.165) is 51.9 Å². The molecule has 180 valence electrons. The molecule has 0 bridgehead atoms.